The van der Waals surface area contributed by atoms with Crippen molar-refractivity contribution in [3.63, 3.8) is 0 Å². The first kappa shape index (κ1) is 21.6. The first-order valence-electron chi connectivity index (χ1n) is 9.69. The molecule has 0 radical (unpaired) electrons. The van der Waals surface area contributed by atoms with Crippen molar-refractivity contribution < 1.29 is 9.59 Å². The number of anilines is 3. The van der Waals surface area contributed by atoms with Gasteiger partial charge in [-0.15, -0.1) is 0 Å². The van der Waals surface area contributed by atoms with Crippen molar-refractivity contribution in [3.8, 4) is 0 Å². The van der Waals surface area contributed by atoms with E-state index in [-0.39, 0.29) is 5.91 Å². The minimum atomic E-state index is -0.420. The predicted octanol–water partition coefficient (Wildman–Crippen LogP) is 6.75. The highest BCUT2D eigenvalue weighted by Crippen LogP contribution is 2.27. The number of carbonyl (C=O) groups is 2. The molecule has 0 fully saturated rings. The number of benzene rings is 3. The number of aryl methyl sites for hydroxylation is 1. The molecule has 0 unspecified atom stereocenters. The Morgan fingerprint density at radius 2 is 1.47 bits per heavy atom. The molecule has 1 heterocycles. The zero-order chi connectivity index (χ0) is 22.7. The second-order valence-corrected chi connectivity index (χ2v) is 7.97. The summed E-state index contributed by atoms with van der Waals surface area (Å²) in [6, 6.07) is 20.2. The molecule has 0 bridgehead atoms. The summed E-state index contributed by atoms with van der Waals surface area (Å²) in [6.45, 7) is 1.85. The highest BCUT2D eigenvalue weighted by Gasteiger charge is 2.12. The molecule has 0 aliphatic rings. The average molecular weight is 465 g/mol. The van der Waals surface area contributed by atoms with Gasteiger partial charge in [-0.1, -0.05) is 35.3 Å². The highest BCUT2D eigenvalue weighted by atomic mass is 35.5. The Kier molecular flexibility index (Phi) is 6.25. The van der Waals surface area contributed by atoms with Gasteiger partial charge in [-0.2, -0.15) is 0 Å². The fourth-order valence-electron chi connectivity index (χ4n) is 3.22. The largest absolute Gasteiger partial charge is 0.323 e. The van der Waals surface area contributed by atoms with Crippen LogP contribution in [0.25, 0.3) is 10.9 Å². The summed E-state index contributed by atoms with van der Waals surface area (Å²) in [5, 5.41) is 10.1. The molecule has 0 spiro atoms. The van der Waals surface area contributed by atoms with E-state index in [0.29, 0.717) is 43.6 Å². The van der Waals surface area contributed by atoms with Crippen LogP contribution in [0.2, 0.25) is 10.0 Å². The van der Waals surface area contributed by atoms with Crippen molar-refractivity contribution in [3.05, 3.63) is 94.1 Å². The van der Waals surface area contributed by atoms with Crippen molar-refractivity contribution in [2.24, 2.45) is 0 Å². The van der Waals surface area contributed by atoms with Crippen molar-refractivity contribution in [2.45, 2.75) is 6.92 Å². The third-order valence-electron chi connectivity index (χ3n) is 4.61. The zero-order valence-electron chi connectivity index (χ0n) is 16.9. The number of aromatic nitrogens is 1. The van der Waals surface area contributed by atoms with Gasteiger partial charge in [0.15, 0.2) is 0 Å². The van der Waals surface area contributed by atoms with E-state index in [1.54, 1.807) is 72.8 Å². The van der Waals surface area contributed by atoms with Crippen LogP contribution in [0, 0.1) is 6.92 Å². The quantitative estimate of drug-likeness (QED) is 0.312. The van der Waals surface area contributed by atoms with E-state index >= 15 is 0 Å². The Morgan fingerprint density at radius 1 is 0.781 bits per heavy atom. The van der Waals surface area contributed by atoms with Crippen molar-refractivity contribution in [1.29, 1.82) is 0 Å². The minimum absolute atomic E-state index is 0.295. The minimum Gasteiger partial charge on any atom is -0.321 e. The molecule has 0 saturated heterocycles. The SMILES string of the molecule is Cc1cc(NC(=O)c2cccc(Cl)c2)c2cc(NC(=O)Nc3cccc(Cl)c3)ccc2n1. The molecule has 0 aliphatic carbocycles. The van der Waals surface area contributed by atoms with Gasteiger partial charge < -0.3 is 16.0 Å². The van der Waals surface area contributed by atoms with E-state index in [2.05, 4.69) is 20.9 Å². The Balaban J connectivity index is 1.59. The lowest BCUT2D eigenvalue weighted by Crippen LogP contribution is -2.19. The van der Waals surface area contributed by atoms with Crippen molar-refractivity contribution >= 4 is 63.1 Å². The predicted molar refractivity (Wildman–Crippen MR) is 130 cm³/mol. The number of pyridine rings is 1. The third kappa shape index (κ3) is 5.17. The van der Waals surface area contributed by atoms with Crippen molar-refractivity contribution in [2.75, 3.05) is 16.0 Å². The first-order valence-corrected chi connectivity index (χ1v) is 10.4. The van der Waals surface area contributed by atoms with E-state index in [1.165, 1.54) is 0 Å². The number of halogens is 2. The van der Waals surface area contributed by atoms with Gasteiger partial charge in [0.05, 0.1) is 11.2 Å². The Morgan fingerprint density at radius 3 is 2.19 bits per heavy atom. The number of amides is 3. The van der Waals surface area contributed by atoms with E-state index in [9.17, 15) is 9.59 Å². The number of urea groups is 1. The van der Waals surface area contributed by atoms with Crippen LogP contribution in [0.5, 0.6) is 0 Å². The lowest BCUT2D eigenvalue weighted by atomic mass is 10.1. The van der Waals surface area contributed by atoms with E-state index < -0.39 is 6.03 Å². The molecule has 3 aromatic carbocycles. The highest BCUT2D eigenvalue weighted by molar-refractivity contribution is 6.31. The molecule has 1 aromatic heterocycles. The maximum Gasteiger partial charge on any atom is 0.323 e. The molecule has 0 atom stereocenters. The first-order chi connectivity index (χ1) is 15.4. The smallest absolute Gasteiger partial charge is 0.321 e. The maximum absolute atomic E-state index is 12.7. The zero-order valence-corrected chi connectivity index (χ0v) is 18.5. The van der Waals surface area contributed by atoms with Crippen LogP contribution in [0.4, 0.5) is 21.9 Å². The van der Waals surface area contributed by atoms with Gasteiger partial charge in [-0.25, -0.2) is 4.79 Å². The van der Waals surface area contributed by atoms with Gasteiger partial charge in [-0.3, -0.25) is 9.78 Å². The number of nitrogens with zero attached hydrogens (tertiary/aromatic N) is 1. The summed E-state index contributed by atoms with van der Waals surface area (Å²) in [6.07, 6.45) is 0. The number of carbonyl (C=O) groups excluding carboxylic acids is 2. The summed E-state index contributed by atoms with van der Waals surface area (Å²) < 4.78 is 0. The summed E-state index contributed by atoms with van der Waals surface area (Å²) in [5.41, 5.74) is 3.57. The van der Waals surface area contributed by atoms with Gasteiger partial charge in [0, 0.05) is 38.1 Å². The Bertz CT molecular complexity index is 1340. The normalized spacial score (nSPS) is 10.6. The molecule has 4 aromatic rings. The second-order valence-electron chi connectivity index (χ2n) is 7.10. The number of hydrogen-bond donors (Lipinski definition) is 3. The molecule has 6 nitrogen and oxygen atoms in total. The molecule has 3 amide bonds. The molecular weight excluding hydrogens is 447 g/mol. The van der Waals surface area contributed by atoms with E-state index in [1.807, 2.05) is 6.92 Å². The summed E-state index contributed by atoms with van der Waals surface area (Å²) in [7, 11) is 0. The molecule has 3 N–H and O–H groups in total. The molecule has 8 heteroatoms. The van der Waals surface area contributed by atoms with Crippen LogP contribution in [-0.2, 0) is 0 Å². The van der Waals surface area contributed by atoms with E-state index in [4.69, 9.17) is 23.2 Å². The molecule has 160 valence electrons. The fourth-order valence-corrected chi connectivity index (χ4v) is 3.60. The van der Waals surface area contributed by atoms with Gasteiger partial charge in [0.25, 0.3) is 5.91 Å². The number of fused-ring (bicyclic) bond motifs is 1. The fraction of sp³-hybridized carbons (Fsp3) is 0.0417. The lowest BCUT2D eigenvalue weighted by Gasteiger charge is -2.12. The third-order valence-corrected chi connectivity index (χ3v) is 5.08. The van der Waals surface area contributed by atoms with Crippen LogP contribution in [0.1, 0.15) is 16.1 Å². The molecule has 32 heavy (non-hydrogen) atoms. The summed E-state index contributed by atoms with van der Waals surface area (Å²) >= 11 is 12.0. The van der Waals surface area contributed by atoms with Gasteiger partial charge >= 0.3 is 6.03 Å². The topological polar surface area (TPSA) is 83.1 Å². The van der Waals surface area contributed by atoms with Crippen LogP contribution in [0.15, 0.2) is 72.8 Å². The maximum atomic E-state index is 12.7. The monoisotopic (exact) mass is 464 g/mol. The molecule has 0 aliphatic heterocycles. The van der Waals surface area contributed by atoms with E-state index in [0.717, 1.165) is 5.69 Å². The standard InChI is InChI=1S/C24H18Cl2N4O2/c1-14-10-22(30-23(31)15-4-2-5-16(25)11-15)20-13-19(8-9-21(20)27-14)29-24(32)28-18-7-3-6-17(26)12-18/h2-13H,1H3,(H,27,30,31)(H2,28,29,32). The molecule has 0 saturated carbocycles. The van der Waals surface area contributed by atoms with Gasteiger partial charge in [0.2, 0.25) is 0 Å². The number of rotatable bonds is 4. The van der Waals surface area contributed by atoms with Crippen molar-refractivity contribution in [1.82, 2.24) is 4.98 Å². The number of hydrogen-bond acceptors (Lipinski definition) is 3. The summed E-state index contributed by atoms with van der Waals surface area (Å²) in [5.74, 6) is -0.295. The van der Waals surface area contributed by atoms with Gasteiger partial charge in [0.1, 0.15) is 0 Å². The van der Waals surface area contributed by atoms with Crippen LogP contribution in [-0.4, -0.2) is 16.9 Å². The Hall–Kier alpha value is -3.61. The van der Waals surface area contributed by atoms with Crippen LogP contribution < -0.4 is 16.0 Å². The number of nitrogens with one attached hydrogen (secondary N) is 3. The second kappa shape index (κ2) is 9.26. The van der Waals surface area contributed by atoms with Gasteiger partial charge in [-0.05, 0) is 67.6 Å². The summed E-state index contributed by atoms with van der Waals surface area (Å²) in [4.78, 5) is 29.6. The Labute approximate surface area is 194 Å². The lowest BCUT2D eigenvalue weighted by molar-refractivity contribution is 0.102. The molecular formula is C24H18Cl2N4O2. The average Bonchev–Trinajstić information content (AvgIpc) is 2.74. The molecule has 4 rings (SSSR count). The van der Waals surface area contributed by atoms with Crippen LogP contribution in [0.3, 0.4) is 0 Å². The van der Waals surface area contributed by atoms with Crippen LogP contribution >= 0.6 is 23.2 Å².